The average Bonchev–Trinajstić information content (AvgIpc) is 2.65. The number of allylic oxidation sites excluding steroid dienone is 2. The van der Waals surface area contributed by atoms with E-state index in [1.54, 1.807) is 0 Å². The van der Waals surface area contributed by atoms with Crippen LogP contribution in [0, 0.1) is 15.5 Å². The maximum absolute atomic E-state index is 13.2. The van der Waals surface area contributed by atoms with Gasteiger partial charge in [-0.25, -0.2) is 4.98 Å². The van der Waals surface area contributed by atoms with Gasteiger partial charge in [0.15, 0.2) is 16.7 Å². The van der Waals surface area contributed by atoms with Crippen LogP contribution in [0.4, 0.5) is 11.5 Å². The summed E-state index contributed by atoms with van der Waals surface area (Å²) in [4.78, 5) is 44.5. The number of aromatic amines is 1. The Kier molecular flexibility index (Phi) is 5.36. The van der Waals surface area contributed by atoms with Gasteiger partial charge in [-0.05, 0) is 23.5 Å². The quantitative estimate of drug-likeness (QED) is 0.271. The van der Waals surface area contributed by atoms with Crippen molar-refractivity contribution in [2.45, 2.75) is 56.9 Å². The first-order valence-corrected chi connectivity index (χ1v) is 11.2. The first kappa shape index (κ1) is 22.1. The van der Waals surface area contributed by atoms with E-state index in [4.69, 9.17) is 0 Å². The van der Waals surface area contributed by atoms with Crippen molar-refractivity contribution >= 4 is 29.1 Å². The molecule has 0 saturated carbocycles. The Bertz CT molecular complexity index is 1230. The number of carbonyl (C=O) groups is 1. The topological polar surface area (TPSA) is 138 Å². The van der Waals surface area contributed by atoms with Crippen LogP contribution in [0.5, 0.6) is 5.75 Å². The highest BCUT2D eigenvalue weighted by Gasteiger charge is 2.42. The van der Waals surface area contributed by atoms with Crippen molar-refractivity contribution in [3.8, 4) is 5.75 Å². The number of carbonyl (C=O) groups excluding carboxylic acids is 1. The molecule has 168 valence electrons. The maximum atomic E-state index is 13.2. The zero-order chi connectivity index (χ0) is 23.4. The summed E-state index contributed by atoms with van der Waals surface area (Å²) in [6.07, 6.45) is 0.872. The van der Waals surface area contributed by atoms with Gasteiger partial charge >= 0.3 is 5.69 Å². The van der Waals surface area contributed by atoms with Gasteiger partial charge in [-0.2, -0.15) is 0 Å². The molecule has 1 aromatic heterocycles. The van der Waals surface area contributed by atoms with E-state index >= 15 is 0 Å². The number of Topliss-reactive ketones (excluding diaryl/α,β-unsaturated/α-hetero) is 1. The molecule has 0 amide bonds. The molecule has 1 atom stereocenters. The van der Waals surface area contributed by atoms with Gasteiger partial charge in [0.2, 0.25) is 0 Å². The molecule has 1 aliphatic heterocycles. The first-order chi connectivity index (χ1) is 15.0. The zero-order valence-corrected chi connectivity index (χ0v) is 19.0. The molecule has 0 bridgehead atoms. The van der Waals surface area contributed by atoms with Crippen LogP contribution < -0.4 is 10.9 Å². The number of benzene rings is 1. The summed E-state index contributed by atoms with van der Waals surface area (Å²) in [5, 5.41) is 25.2. The van der Waals surface area contributed by atoms with E-state index in [-0.39, 0.29) is 22.0 Å². The minimum atomic E-state index is -0.821. The SMILES string of the molecule is CC(C)Sc1nc2c(c(=O)[nH]1)[C@@H](c1ccc(O)c([N+](=O)[O-])c1)C1=C(CC(C)(C)CC1=O)N2. The number of aromatic hydroxyl groups is 1. The second kappa shape index (κ2) is 7.77. The molecule has 0 fully saturated rings. The fraction of sp³-hybridized carbons (Fsp3) is 0.409. The fourth-order valence-electron chi connectivity index (χ4n) is 4.37. The van der Waals surface area contributed by atoms with E-state index in [1.807, 2.05) is 27.7 Å². The second-order valence-electron chi connectivity index (χ2n) is 9.20. The Hall–Kier alpha value is -3.14. The molecule has 0 radical (unpaired) electrons. The largest absolute Gasteiger partial charge is 0.502 e. The summed E-state index contributed by atoms with van der Waals surface area (Å²) >= 11 is 1.41. The van der Waals surface area contributed by atoms with Crippen molar-refractivity contribution in [3.05, 3.63) is 61.1 Å². The Morgan fingerprint density at radius 1 is 1.28 bits per heavy atom. The smallest absolute Gasteiger partial charge is 0.310 e. The number of anilines is 1. The van der Waals surface area contributed by atoms with Crippen molar-refractivity contribution in [2.75, 3.05) is 5.32 Å². The third-order valence-electron chi connectivity index (χ3n) is 5.58. The van der Waals surface area contributed by atoms with E-state index in [2.05, 4.69) is 15.3 Å². The van der Waals surface area contributed by atoms with Gasteiger partial charge in [0.25, 0.3) is 5.56 Å². The standard InChI is InChI=1S/C22H24N4O5S/c1-10(2)32-21-24-19-18(20(29)25-21)16(11-5-6-14(27)13(7-11)26(30)31)17-12(23-19)8-22(3,4)9-15(17)28/h5-7,10,16,27H,8-9H2,1-4H3,(H2,23,24,25,29)/t16-/m0/s1. The third kappa shape index (κ3) is 3.90. The molecule has 2 aromatic rings. The lowest BCUT2D eigenvalue weighted by Crippen LogP contribution is -2.37. The molecule has 32 heavy (non-hydrogen) atoms. The molecular formula is C22H24N4O5S. The molecule has 2 aliphatic rings. The number of phenols is 1. The minimum Gasteiger partial charge on any atom is -0.502 e. The van der Waals surface area contributed by atoms with E-state index in [1.165, 1.54) is 30.0 Å². The van der Waals surface area contributed by atoms with Crippen LogP contribution in [0.2, 0.25) is 0 Å². The van der Waals surface area contributed by atoms with Crippen LogP contribution in [-0.4, -0.2) is 31.0 Å². The van der Waals surface area contributed by atoms with E-state index in [9.17, 15) is 24.8 Å². The van der Waals surface area contributed by atoms with Crippen LogP contribution in [0.25, 0.3) is 0 Å². The maximum Gasteiger partial charge on any atom is 0.310 e. The molecule has 2 heterocycles. The molecule has 10 heteroatoms. The van der Waals surface area contributed by atoms with Crippen LogP contribution in [0.3, 0.4) is 0 Å². The van der Waals surface area contributed by atoms with Gasteiger partial charge in [-0.1, -0.05) is 45.5 Å². The number of nitro groups is 1. The lowest BCUT2D eigenvalue weighted by molar-refractivity contribution is -0.385. The van der Waals surface area contributed by atoms with E-state index in [0.29, 0.717) is 40.6 Å². The summed E-state index contributed by atoms with van der Waals surface area (Å²) in [7, 11) is 0. The average molecular weight is 457 g/mol. The lowest BCUT2D eigenvalue weighted by Gasteiger charge is -2.38. The lowest BCUT2D eigenvalue weighted by atomic mass is 9.69. The molecular weight excluding hydrogens is 432 g/mol. The molecule has 9 nitrogen and oxygen atoms in total. The summed E-state index contributed by atoms with van der Waals surface area (Å²) in [6, 6.07) is 3.95. The number of aromatic nitrogens is 2. The highest BCUT2D eigenvalue weighted by Crippen LogP contribution is 2.48. The predicted molar refractivity (Wildman–Crippen MR) is 121 cm³/mol. The summed E-state index contributed by atoms with van der Waals surface area (Å²) in [6.45, 7) is 7.97. The zero-order valence-electron chi connectivity index (χ0n) is 18.2. The summed E-state index contributed by atoms with van der Waals surface area (Å²) in [5.41, 5.74) is 0.564. The number of thioether (sulfide) groups is 1. The number of H-pyrrole nitrogens is 1. The molecule has 1 aromatic carbocycles. The number of rotatable bonds is 4. The number of phenolic OH excluding ortho intramolecular Hbond substituents is 1. The van der Waals surface area contributed by atoms with E-state index < -0.39 is 27.8 Å². The number of hydrogen-bond acceptors (Lipinski definition) is 8. The van der Waals surface area contributed by atoms with Crippen molar-refractivity contribution in [3.63, 3.8) is 0 Å². The van der Waals surface area contributed by atoms with Crippen molar-refractivity contribution in [1.82, 2.24) is 9.97 Å². The summed E-state index contributed by atoms with van der Waals surface area (Å²) in [5.74, 6) is -1.07. The van der Waals surface area contributed by atoms with Crippen LogP contribution in [0.15, 0.2) is 39.4 Å². The van der Waals surface area contributed by atoms with Crippen LogP contribution in [0.1, 0.15) is 57.6 Å². The number of hydrogen-bond donors (Lipinski definition) is 3. The second-order valence-corrected chi connectivity index (χ2v) is 10.8. The Balaban J connectivity index is 1.97. The molecule has 0 unspecified atom stereocenters. The molecule has 0 saturated heterocycles. The monoisotopic (exact) mass is 456 g/mol. The van der Waals surface area contributed by atoms with Gasteiger partial charge in [0.05, 0.1) is 10.5 Å². The molecule has 3 N–H and O–H groups in total. The number of nitro benzene ring substituents is 1. The van der Waals surface area contributed by atoms with Gasteiger partial charge in [0.1, 0.15) is 5.82 Å². The van der Waals surface area contributed by atoms with Gasteiger partial charge in [0, 0.05) is 34.9 Å². The highest BCUT2D eigenvalue weighted by molar-refractivity contribution is 7.99. The molecule has 0 spiro atoms. The molecule has 1 aliphatic carbocycles. The number of nitrogens with one attached hydrogen (secondary N) is 2. The third-order valence-corrected chi connectivity index (χ3v) is 6.47. The highest BCUT2D eigenvalue weighted by atomic mass is 32.2. The van der Waals surface area contributed by atoms with Crippen LogP contribution in [-0.2, 0) is 4.79 Å². The Morgan fingerprint density at radius 3 is 2.66 bits per heavy atom. The normalized spacial score (nSPS) is 19.4. The molecule has 4 rings (SSSR count). The van der Waals surface area contributed by atoms with Crippen molar-refractivity contribution in [2.24, 2.45) is 5.41 Å². The summed E-state index contributed by atoms with van der Waals surface area (Å²) < 4.78 is 0. The Morgan fingerprint density at radius 2 is 2.00 bits per heavy atom. The predicted octanol–water partition coefficient (Wildman–Crippen LogP) is 4.08. The number of fused-ring (bicyclic) bond motifs is 1. The Labute approximate surface area is 188 Å². The first-order valence-electron chi connectivity index (χ1n) is 10.3. The van der Waals surface area contributed by atoms with Crippen molar-refractivity contribution < 1.29 is 14.8 Å². The van der Waals surface area contributed by atoms with Crippen LogP contribution >= 0.6 is 11.8 Å². The minimum absolute atomic E-state index is 0.116. The van der Waals surface area contributed by atoms with Crippen molar-refractivity contribution in [1.29, 1.82) is 0 Å². The van der Waals surface area contributed by atoms with Gasteiger partial charge < -0.3 is 15.4 Å². The number of nitrogens with zero attached hydrogens (tertiary/aromatic N) is 2. The van der Waals surface area contributed by atoms with E-state index in [0.717, 1.165) is 0 Å². The fourth-order valence-corrected chi connectivity index (χ4v) is 5.11. The van der Waals surface area contributed by atoms with Gasteiger partial charge in [-0.3, -0.25) is 19.7 Å². The van der Waals surface area contributed by atoms with Gasteiger partial charge in [-0.15, -0.1) is 0 Å². The number of ketones is 1.